The number of piperidine rings is 1. The highest BCUT2D eigenvalue weighted by atomic mass is 32.2. The van der Waals surface area contributed by atoms with Crippen LogP contribution in [-0.4, -0.2) is 83.9 Å². The summed E-state index contributed by atoms with van der Waals surface area (Å²) in [6.07, 6.45) is -4.16. The molecule has 2 aromatic rings. The van der Waals surface area contributed by atoms with E-state index in [0.717, 1.165) is 18.2 Å². The molecule has 0 bridgehead atoms. The molecule has 2 heterocycles. The minimum absolute atomic E-state index is 0.0437. The van der Waals surface area contributed by atoms with Crippen LogP contribution in [0.2, 0.25) is 0 Å². The number of aliphatic hydroxyl groups excluding tert-OH is 1. The van der Waals surface area contributed by atoms with Crippen LogP contribution >= 0.6 is 0 Å². The second kappa shape index (κ2) is 11.9. The van der Waals surface area contributed by atoms with Crippen molar-refractivity contribution in [2.75, 3.05) is 39.9 Å². The molecule has 3 N–H and O–H groups in total. The molecule has 2 atom stereocenters. The van der Waals surface area contributed by atoms with Gasteiger partial charge in [0.15, 0.2) is 0 Å². The average Bonchev–Trinajstić information content (AvgIpc) is 3.32. The lowest BCUT2D eigenvalue weighted by Gasteiger charge is -2.38. The second-order valence-corrected chi connectivity index (χ2v) is 13.7. The van der Waals surface area contributed by atoms with Gasteiger partial charge in [-0.2, -0.15) is 17.5 Å². The number of hydrogen-bond acceptors (Lipinski definition) is 8. The largest absolute Gasteiger partial charge is 0.491 e. The van der Waals surface area contributed by atoms with Crippen LogP contribution in [0.25, 0.3) is 0 Å². The van der Waals surface area contributed by atoms with E-state index in [9.17, 15) is 35.1 Å². The molecule has 15 heteroatoms. The Hall–Kier alpha value is -2.27. The molecule has 0 amide bonds. The molecule has 222 valence electrons. The van der Waals surface area contributed by atoms with E-state index in [1.807, 2.05) is 0 Å². The van der Waals surface area contributed by atoms with E-state index >= 15 is 0 Å². The predicted molar refractivity (Wildman–Crippen MR) is 139 cm³/mol. The van der Waals surface area contributed by atoms with E-state index < -0.39 is 48.4 Å². The molecular weight excluding hydrogens is 575 g/mol. The Labute approximate surface area is 231 Å². The van der Waals surface area contributed by atoms with Gasteiger partial charge in [0.1, 0.15) is 18.5 Å². The molecule has 2 aromatic carbocycles. The highest BCUT2D eigenvalue weighted by Crippen LogP contribution is 2.38. The molecule has 0 aromatic heterocycles. The fourth-order valence-corrected chi connectivity index (χ4v) is 7.10. The number of sulfonamides is 2. The lowest BCUT2D eigenvalue weighted by molar-refractivity contribution is -0.137. The fourth-order valence-electron chi connectivity index (χ4n) is 4.84. The number of nitrogens with one attached hydrogen (secondary N) is 2. The maximum Gasteiger partial charge on any atom is 0.416 e. The van der Waals surface area contributed by atoms with Crippen molar-refractivity contribution in [3.8, 4) is 5.75 Å². The molecule has 2 aliphatic heterocycles. The monoisotopic (exact) mass is 607 g/mol. The minimum Gasteiger partial charge on any atom is -0.491 e. The molecule has 0 radical (unpaired) electrons. The van der Waals surface area contributed by atoms with Gasteiger partial charge in [0.2, 0.25) is 20.0 Å². The topological polar surface area (TPSA) is 134 Å². The van der Waals surface area contributed by atoms with Crippen LogP contribution in [-0.2, 0) is 31.0 Å². The number of hydrogen-bond donors (Lipinski definition) is 3. The van der Waals surface area contributed by atoms with Gasteiger partial charge in [0, 0.05) is 31.7 Å². The Bertz CT molecular complexity index is 1400. The third kappa shape index (κ3) is 7.13. The molecule has 0 aliphatic carbocycles. The number of rotatable bonds is 10. The minimum atomic E-state index is -4.64. The second-order valence-electron chi connectivity index (χ2n) is 9.88. The average molecular weight is 608 g/mol. The summed E-state index contributed by atoms with van der Waals surface area (Å²) in [5.74, 6) is 0.297. The van der Waals surface area contributed by atoms with Crippen LogP contribution in [0, 0.1) is 0 Å². The van der Waals surface area contributed by atoms with Crippen LogP contribution in [0.5, 0.6) is 5.75 Å². The number of aliphatic hydroxyl groups is 1. The lowest BCUT2D eigenvalue weighted by Crippen LogP contribution is -2.47. The SMILES string of the molecule is CNS(=O)(=O)c1cccc(OCC(O)CNC2COC3(CCN(S(=O)(=O)c4cccc(C(F)(F)F)c4)CC3)C2)c1. The van der Waals surface area contributed by atoms with Gasteiger partial charge in [-0.1, -0.05) is 12.1 Å². The van der Waals surface area contributed by atoms with Gasteiger partial charge in [-0.3, -0.25) is 0 Å². The molecule has 2 unspecified atom stereocenters. The van der Waals surface area contributed by atoms with E-state index in [1.54, 1.807) is 6.07 Å². The zero-order valence-corrected chi connectivity index (χ0v) is 23.4. The molecule has 40 heavy (non-hydrogen) atoms. The number of nitrogens with zero attached hydrogens (tertiary/aromatic N) is 1. The molecule has 2 fully saturated rings. The molecule has 1 spiro atoms. The molecule has 10 nitrogen and oxygen atoms in total. The van der Waals surface area contributed by atoms with Crippen LogP contribution in [0.15, 0.2) is 58.3 Å². The third-order valence-electron chi connectivity index (χ3n) is 7.11. The summed E-state index contributed by atoms with van der Waals surface area (Å²) in [5.41, 5.74) is -1.57. The van der Waals surface area contributed by atoms with Gasteiger partial charge in [-0.15, -0.1) is 0 Å². The van der Waals surface area contributed by atoms with Gasteiger partial charge in [-0.25, -0.2) is 21.6 Å². The van der Waals surface area contributed by atoms with Gasteiger partial charge in [-0.05, 0) is 56.6 Å². The smallest absolute Gasteiger partial charge is 0.416 e. The third-order valence-corrected chi connectivity index (χ3v) is 10.4. The van der Waals surface area contributed by atoms with E-state index in [2.05, 4.69) is 10.0 Å². The van der Waals surface area contributed by atoms with Gasteiger partial charge < -0.3 is 19.9 Å². The summed E-state index contributed by atoms with van der Waals surface area (Å²) in [5, 5.41) is 13.6. The highest BCUT2D eigenvalue weighted by molar-refractivity contribution is 7.89. The van der Waals surface area contributed by atoms with Crippen molar-refractivity contribution < 1.29 is 44.6 Å². The van der Waals surface area contributed by atoms with Crippen molar-refractivity contribution >= 4 is 20.0 Å². The standard InChI is InChI=1S/C25H32F3N3O7S2/c1-29-39(33,34)22-6-3-5-21(13-22)37-17-20(32)15-30-19-14-24(38-16-19)8-10-31(11-9-24)40(35,36)23-7-2-4-18(12-23)25(26,27)28/h2-7,12-13,19-20,29-30,32H,8-11,14-17H2,1H3. The first-order valence-electron chi connectivity index (χ1n) is 12.6. The predicted octanol–water partition coefficient (Wildman–Crippen LogP) is 1.96. The molecule has 0 saturated carbocycles. The summed E-state index contributed by atoms with van der Waals surface area (Å²) >= 11 is 0. The quantitative estimate of drug-likeness (QED) is 0.373. The van der Waals surface area contributed by atoms with E-state index in [4.69, 9.17) is 9.47 Å². The first kappa shape index (κ1) is 30.7. The number of alkyl halides is 3. The van der Waals surface area contributed by atoms with Gasteiger partial charge in [0.05, 0.1) is 27.6 Å². The van der Waals surface area contributed by atoms with Crippen LogP contribution < -0.4 is 14.8 Å². The van der Waals surface area contributed by atoms with Crippen LogP contribution in [0.1, 0.15) is 24.8 Å². The Kier molecular flexibility index (Phi) is 9.14. The van der Waals surface area contributed by atoms with E-state index in [1.165, 1.54) is 29.6 Å². The van der Waals surface area contributed by atoms with E-state index in [-0.39, 0.29) is 37.2 Å². The summed E-state index contributed by atoms with van der Waals surface area (Å²) in [6, 6.07) is 9.56. The summed E-state index contributed by atoms with van der Waals surface area (Å²) in [6.45, 7) is 0.706. The zero-order chi connectivity index (χ0) is 29.2. The first-order valence-corrected chi connectivity index (χ1v) is 15.6. The fraction of sp³-hybridized carbons (Fsp3) is 0.520. The van der Waals surface area contributed by atoms with Crippen molar-refractivity contribution in [2.45, 2.75) is 53.0 Å². The molecule has 4 rings (SSSR count). The summed E-state index contributed by atoms with van der Waals surface area (Å²) in [4.78, 5) is -0.348. The first-order chi connectivity index (χ1) is 18.7. The Morgan fingerprint density at radius 1 is 1.10 bits per heavy atom. The Balaban J connectivity index is 1.25. The maximum atomic E-state index is 13.1. The van der Waals surface area contributed by atoms with Crippen molar-refractivity contribution in [1.29, 1.82) is 0 Å². The van der Waals surface area contributed by atoms with Crippen molar-refractivity contribution in [3.63, 3.8) is 0 Å². The normalized spacial score (nSPS) is 21.0. The lowest BCUT2D eigenvalue weighted by atomic mass is 9.88. The van der Waals surface area contributed by atoms with Gasteiger partial charge in [0.25, 0.3) is 0 Å². The summed E-state index contributed by atoms with van der Waals surface area (Å²) in [7, 11) is -6.41. The maximum absolute atomic E-state index is 13.1. The zero-order valence-electron chi connectivity index (χ0n) is 21.7. The molecule has 2 saturated heterocycles. The number of halogens is 3. The summed E-state index contributed by atoms with van der Waals surface area (Å²) < 4.78 is 104. The van der Waals surface area contributed by atoms with Crippen molar-refractivity contribution in [3.05, 3.63) is 54.1 Å². The highest BCUT2D eigenvalue weighted by Gasteiger charge is 2.45. The Morgan fingerprint density at radius 2 is 1.77 bits per heavy atom. The Morgan fingerprint density at radius 3 is 2.45 bits per heavy atom. The number of benzene rings is 2. The molecule has 2 aliphatic rings. The molecular formula is C25H32F3N3O7S2. The number of ether oxygens (including phenoxy) is 2. The van der Waals surface area contributed by atoms with Crippen LogP contribution in [0.4, 0.5) is 13.2 Å². The van der Waals surface area contributed by atoms with Gasteiger partial charge >= 0.3 is 6.18 Å². The van der Waals surface area contributed by atoms with Crippen molar-refractivity contribution in [1.82, 2.24) is 14.3 Å². The van der Waals surface area contributed by atoms with Crippen LogP contribution in [0.3, 0.4) is 0 Å². The van der Waals surface area contributed by atoms with Crippen molar-refractivity contribution in [2.24, 2.45) is 0 Å². The van der Waals surface area contributed by atoms with E-state index in [0.29, 0.717) is 37.7 Å².